The zero-order valence-corrected chi connectivity index (χ0v) is 21.1. The number of anilines is 1. The normalized spacial score (nSPS) is 13.9. The number of hydrogen-bond acceptors (Lipinski definition) is 4. The predicted octanol–water partition coefficient (Wildman–Crippen LogP) is 6.00. The number of aromatic amines is 1. The van der Waals surface area contributed by atoms with E-state index in [1.165, 1.54) is 0 Å². The molecule has 7 heteroatoms. The van der Waals surface area contributed by atoms with Crippen molar-refractivity contribution in [3.63, 3.8) is 0 Å². The molecule has 1 amide bonds. The molecule has 174 valence electrons. The number of carbonyl (C=O) groups excluding carboxylic acids is 1. The number of nitriles is 1. The predicted molar refractivity (Wildman–Crippen MR) is 139 cm³/mol. The second kappa shape index (κ2) is 8.79. The van der Waals surface area contributed by atoms with Gasteiger partial charge in [-0.15, -0.1) is 5.10 Å². The summed E-state index contributed by atoms with van der Waals surface area (Å²) < 4.78 is 0.924. The summed E-state index contributed by atoms with van der Waals surface area (Å²) in [5, 5.41) is 20.5. The molecule has 1 aliphatic rings. The SMILES string of the molecule is CC(C)(CC1(C#N)c2ccccc2Cc2ccccc21)C(=O)Nc1n[nH]c(-c2cccc(Br)c2)n1. The number of nitrogens with one attached hydrogen (secondary N) is 2. The third-order valence-corrected chi connectivity index (χ3v) is 7.15. The van der Waals surface area contributed by atoms with Gasteiger partial charge in [0.1, 0.15) is 5.41 Å². The van der Waals surface area contributed by atoms with E-state index in [1.54, 1.807) is 0 Å². The first kappa shape index (κ1) is 23.0. The Morgan fingerprint density at radius 1 is 1.09 bits per heavy atom. The van der Waals surface area contributed by atoms with Crippen LogP contribution in [0.5, 0.6) is 0 Å². The Morgan fingerprint density at radius 3 is 2.37 bits per heavy atom. The maximum atomic E-state index is 13.5. The highest BCUT2D eigenvalue weighted by atomic mass is 79.9. The fourth-order valence-electron chi connectivity index (χ4n) is 4.98. The Hall–Kier alpha value is -3.76. The smallest absolute Gasteiger partial charge is 0.249 e. The number of hydrogen-bond donors (Lipinski definition) is 2. The van der Waals surface area contributed by atoms with Gasteiger partial charge in [0.2, 0.25) is 11.9 Å². The Bertz CT molecular complexity index is 1420. The van der Waals surface area contributed by atoms with Crippen LogP contribution in [-0.2, 0) is 16.6 Å². The second-order valence-corrected chi connectivity index (χ2v) is 10.5. The molecule has 1 heterocycles. The number of H-pyrrole nitrogens is 1. The molecule has 0 bridgehead atoms. The minimum absolute atomic E-state index is 0.202. The maximum Gasteiger partial charge on any atom is 0.249 e. The molecule has 35 heavy (non-hydrogen) atoms. The van der Waals surface area contributed by atoms with Crippen molar-refractivity contribution in [1.82, 2.24) is 15.2 Å². The minimum Gasteiger partial charge on any atom is -0.293 e. The van der Waals surface area contributed by atoms with Crippen molar-refractivity contribution >= 4 is 27.8 Å². The van der Waals surface area contributed by atoms with Crippen LogP contribution in [0.3, 0.4) is 0 Å². The van der Waals surface area contributed by atoms with Gasteiger partial charge in [0.25, 0.3) is 0 Å². The monoisotopic (exact) mass is 525 g/mol. The molecule has 5 rings (SSSR count). The van der Waals surface area contributed by atoms with E-state index in [-0.39, 0.29) is 11.9 Å². The number of carbonyl (C=O) groups is 1. The largest absolute Gasteiger partial charge is 0.293 e. The van der Waals surface area contributed by atoms with Gasteiger partial charge >= 0.3 is 0 Å². The molecule has 0 saturated carbocycles. The summed E-state index contributed by atoms with van der Waals surface area (Å²) in [7, 11) is 0. The number of benzene rings is 3. The maximum absolute atomic E-state index is 13.5. The lowest BCUT2D eigenvalue weighted by Crippen LogP contribution is -2.41. The summed E-state index contributed by atoms with van der Waals surface area (Å²) in [6.07, 6.45) is 1.09. The van der Waals surface area contributed by atoms with E-state index in [2.05, 4.69) is 54.6 Å². The Labute approximate surface area is 212 Å². The van der Waals surface area contributed by atoms with E-state index >= 15 is 0 Å². The van der Waals surface area contributed by atoms with Crippen LogP contribution in [0.1, 0.15) is 42.5 Å². The number of amides is 1. The molecule has 0 saturated heterocycles. The summed E-state index contributed by atoms with van der Waals surface area (Å²) in [5.74, 6) is 0.518. The summed E-state index contributed by atoms with van der Waals surface area (Å²) in [5.41, 5.74) is 3.21. The van der Waals surface area contributed by atoms with Gasteiger partial charge in [-0.25, -0.2) is 0 Å². The van der Waals surface area contributed by atoms with Crippen molar-refractivity contribution in [2.75, 3.05) is 5.32 Å². The van der Waals surface area contributed by atoms with Crippen molar-refractivity contribution in [2.45, 2.75) is 32.1 Å². The van der Waals surface area contributed by atoms with Crippen LogP contribution >= 0.6 is 15.9 Å². The van der Waals surface area contributed by atoms with Crippen LogP contribution in [0.4, 0.5) is 5.95 Å². The van der Waals surface area contributed by atoms with Crippen LogP contribution in [-0.4, -0.2) is 21.1 Å². The van der Waals surface area contributed by atoms with E-state index in [0.717, 1.165) is 38.7 Å². The van der Waals surface area contributed by atoms with Crippen LogP contribution in [0.2, 0.25) is 0 Å². The molecular weight excluding hydrogens is 502 g/mol. The van der Waals surface area contributed by atoms with Gasteiger partial charge in [0.15, 0.2) is 5.82 Å². The van der Waals surface area contributed by atoms with Crippen LogP contribution in [0.25, 0.3) is 11.4 Å². The Balaban J connectivity index is 1.45. The molecule has 0 radical (unpaired) electrons. The quantitative estimate of drug-likeness (QED) is 0.333. The average molecular weight is 526 g/mol. The van der Waals surface area contributed by atoms with E-state index < -0.39 is 10.8 Å². The van der Waals surface area contributed by atoms with Crippen LogP contribution in [0, 0.1) is 16.7 Å². The van der Waals surface area contributed by atoms with Gasteiger partial charge in [0, 0.05) is 15.5 Å². The average Bonchev–Trinajstić information content (AvgIpc) is 3.32. The molecular formula is C28H24BrN5O. The van der Waals surface area contributed by atoms with Crippen LogP contribution < -0.4 is 5.32 Å². The Morgan fingerprint density at radius 2 is 1.74 bits per heavy atom. The summed E-state index contributed by atoms with van der Waals surface area (Å²) in [4.78, 5) is 17.9. The third-order valence-electron chi connectivity index (χ3n) is 6.66. The fraction of sp³-hybridized carbons (Fsp3) is 0.214. The van der Waals surface area contributed by atoms with Gasteiger partial charge in [-0.05, 0) is 47.2 Å². The van der Waals surface area contributed by atoms with Crippen molar-refractivity contribution in [2.24, 2.45) is 5.41 Å². The molecule has 0 aliphatic heterocycles. The summed E-state index contributed by atoms with van der Waals surface area (Å²) in [6, 6.07) is 26.4. The number of aromatic nitrogens is 3. The molecule has 0 spiro atoms. The van der Waals surface area contributed by atoms with Crippen molar-refractivity contribution in [3.8, 4) is 17.5 Å². The van der Waals surface area contributed by atoms with Gasteiger partial charge < -0.3 is 0 Å². The molecule has 4 aromatic rings. The van der Waals surface area contributed by atoms with Crippen LogP contribution in [0.15, 0.2) is 77.3 Å². The molecule has 0 atom stereocenters. The van der Waals surface area contributed by atoms with Gasteiger partial charge in [0.05, 0.1) is 6.07 Å². The number of rotatable bonds is 5. The van der Waals surface area contributed by atoms with Gasteiger partial charge in [-0.2, -0.15) is 10.2 Å². The standard InChI is InChI=1S/C28H24BrN5O/c1-27(2,25(35)32-26-31-24(33-34-26)20-10-7-11-21(29)15-20)16-28(17-30)22-12-5-3-8-18(22)14-19-9-4-6-13-23(19)28/h3-13,15H,14,16H2,1-2H3,(H2,31,32,33,34,35). The van der Waals surface area contributed by atoms with E-state index in [4.69, 9.17) is 0 Å². The first-order valence-corrected chi connectivity index (χ1v) is 12.2. The molecule has 3 aromatic carbocycles. The van der Waals surface area contributed by atoms with Gasteiger partial charge in [-0.1, -0.05) is 90.4 Å². The summed E-state index contributed by atoms with van der Waals surface area (Å²) >= 11 is 3.46. The molecule has 0 unspecified atom stereocenters. The topological polar surface area (TPSA) is 94.5 Å². The first-order chi connectivity index (χ1) is 16.8. The third kappa shape index (κ3) is 4.15. The highest BCUT2D eigenvalue weighted by molar-refractivity contribution is 9.10. The highest BCUT2D eigenvalue weighted by Crippen LogP contribution is 2.48. The van der Waals surface area contributed by atoms with Crippen molar-refractivity contribution in [1.29, 1.82) is 5.26 Å². The lowest BCUT2D eigenvalue weighted by molar-refractivity contribution is -0.124. The first-order valence-electron chi connectivity index (χ1n) is 11.4. The lowest BCUT2D eigenvalue weighted by Gasteiger charge is -2.40. The minimum atomic E-state index is -0.938. The van der Waals surface area contributed by atoms with Crippen molar-refractivity contribution in [3.05, 3.63) is 99.5 Å². The zero-order chi connectivity index (χ0) is 24.6. The van der Waals surface area contributed by atoms with E-state index in [1.807, 2.05) is 74.5 Å². The summed E-state index contributed by atoms with van der Waals surface area (Å²) in [6.45, 7) is 3.73. The fourth-order valence-corrected chi connectivity index (χ4v) is 5.38. The molecule has 2 N–H and O–H groups in total. The molecule has 0 fully saturated rings. The highest BCUT2D eigenvalue weighted by Gasteiger charge is 2.47. The zero-order valence-electron chi connectivity index (χ0n) is 19.5. The number of fused-ring (bicyclic) bond motifs is 2. The second-order valence-electron chi connectivity index (χ2n) is 9.54. The molecule has 1 aromatic heterocycles. The molecule has 1 aliphatic carbocycles. The molecule has 6 nitrogen and oxygen atoms in total. The van der Waals surface area contributed by atoms with Crippen molar-refractivity contribution < 1.29 is 4.79 Å². The Kier molecular flexibility index (Phi) is 5.78. The number of halogens is 1. The number of nitrogens with zero attached hydrogens (tertiary/aromatic N) is 3. The van der Waals surface area contributed by atoms with E-state index in [0.29, 0.717) is 12.2 Å². The van der Waals surface area contributed by atoms with Gasteiger partial charge in [-0.3, -0.25) is 15.2 Å². The van der Waals surface area contributed by atoms with E-state index in [9.17, 15) is 10.1 Å². The lowest BCUT2D eigenvalue weighted by atomic mass is 9.61.